The first-order chi connectivity index (χ1) is 19.2. The van der Waals surface area contributed by atoms with Crippen LogP contribution in [0.25, 0.3) is 10.9 Å². The zero-order valence-electron chi connectivity index (χ0n) is 21.1. The summed E-state index contributed by atoms with van der Waals surface area (Å²) in [5.41, 5.74) is 2.00. The molecular weight excluding hydrogens is 529 g/mol. The molecule has 2 aromatic heterocycles. The van der Waals surface area contributed by atoms with Crippen LogP contribution in [0.1, 0.15) is 21.5 Å². The molecule has 1 saturated heterocycles. The number of pyridine rings is 1. The van der Waals surface area contributed by atoms with E-state index in [1.54, 1.807) is 41.7 Å². The van der Waals surface area contributed by atoms with Crippen LogP contribution in [0.4, 0.5) is 23.7 Å². The third-order valence-electron chi connectivity index (χ3n) is 6.39. The number of carbonyl (C=O) groups is 2. The summed E-state index contributed by atoms with van der Waals surface area (Å²) in [6.45, 7) is 2.53. The van der Waals surface area contributed by atoms with Crippen LogP contribution < -0.4 is 10.1 Å². The molecule has 2 N–H and O–H groups in total. The van der Waals surface area contributed by atoms with Gasteiger partial charge < -0.3 is 14.4 Å². The van der Waals surface area contributed by atoms with Gasteiger partial charge in [-0.2, -0.15) is 5.10 Å². The highest BCUT2D eigenvalue weighted by Crippen LogP contribution is 2.32. The number of hydrogen-bond acceptors (Lipinski definition) is 7. The molecule has 0 radical (unpaired) electrons. The molecule has 1 fully saturated rings. The molecule has 0 unspecified atom stereocenters. The number of anilines is 1. The zero-order chi connectivity index (χ0) is 28.1. The lowest BCUT2D eigenvalue weighted by molar-refractivity contribution is -0.274. The maximum atomic E-state index is 13.2. The first-order valence-electron chi connectivity index (χ1n) is 12.4. The highest BCUT2D eigenvalue weighted by atomic mass is 19.4. The fourth-order valence-electron chi connectivity index (χ4n) is 4.45. The minimum atomic E-state index is -5.05. The molecule has 2 aromatic carbocycles. The van der Waals surface area contributed by atoms with Crippen molar-refractivity contribution >= 4 is 28.6 Å². The molecule has 5 rings (SSSR count). The smallest absolute Gasteiger partial charge is 0.444 e. The predicted molar refractivity (Wildman–Crippen MR) is 138 cm³/mol. The third-order valence-corrected chi connectivity index (χ3v) is 6.39. The number of halogens is 3. The number of para-hydroxylation sites is 1. The molecule has 0 atom stereocenters. The van der Waals surface area contributed by atoms with Crippen molar-refractivity contribution in [3.8, 4) is 5.75 Å². The number of aromatic amines is 1. The standard InChI is InChI=1S/C27H25F3N6O4/c28-27(29,30)40-23-13-20(25(37)36-11-9-35(10-12-36)16-18-14-32-33-15-18)6-7-22(23)34-26(38)39-17-21-4-1-3-19-5-2-8-31-24(19)21/h1-8,13-15H,9-12,16-17H2,(H,32,33)(H,34,38). The number of carbonyl (C=O) groups excluding carboxylic acids is 2. The van der Waals surface area contributed by atoms with Gasteiger partial charge in [-0.15, -0.1) is 13.2 Å². The van der Waals surface area contributed by atoms with Crippen LogP contribution in [0.5, 0.6) is 5.75 Å². The highest BCUT2D eigenvalue weighted by Gasteiger charge is 2.33. The first kappa shape index (κ1) is 26.9. The van der Waals surface area contributed by atoms with Gasteiger partial charge in [0.15, 0.2) is 5.75 Å². The van der Waals surface area contributed by atoms with E-state index in [2.05, 4.69) is 30.1 Å². The van der Waals surface area contributed by atoms with E-state index in [0.717, 1.165) is 17.0 Å². The number of alkyl halides is 3. The summed E-state index contributed by atoms with van der Waals surface area (Å²) in [7, 11) is 0. The number of nitrogens with one attached hydrogen (secondary N) is 2. The van der Waals surface area contributed by atoms with Crippen LogP contribution in [0.2, 0.25) is 0 Å². The average Bonchev–Trinajstić information content (AvgIpc) is 3.45. The van der Waals surface area contributed by atoms with Gasteiger partial charge in [-0.1, -0.05) is 24.3 Å². The molecule has 0 spiro atoms. The number of rotatable bonds is 7. The Morgan fingerprint density at radius 3 is 2.60 bits per heavy atom. The van der Waals surface area contributed by atoms with Crippen molar-refractivity contribution in [3.63, 3.8) is 0 Å². The second-order valence-corrected chi connectivity index (χ2v) is 9.13. The fraction of sp³-hybridized carbons (Fsp3) is 0.259. The van der Waals surface area contributed by atoms with E-state index in [-0.39, 0.29) is 17.9 Å². The Kier molecular flexibility index (Phi) is 7.82. The van der Waals surface area contributed by atoms with Crippen LogP contribution in [0.15, 0.2) is 67.1 Å². The number of ether oxygens (including phenoxy) is 2. The Hall–Kier alpha value is -4.65. The first-order valence-corrected chi connectivity index (χ1v) is 12.4. The fourth-order valence-corrected chi connectivity index (χ4v) is 4.45. The quantitative estimate of drug-likeness (QED) is 0.344. The highest BCUT2D eigenvalue weighted by molar-refractivity contribution is 5.96. The topological polar surface area (TPSA) is 113 Å². The molecule has 0 bridgehead atoms. The molecule has 3 heterocycles. The minimum absolute atomic E-state index is 0.00304. The molecule has 4 aromatic rings. The van der Waals surface area contributed by atoms with Gasteiger partial charge in [0, 0.05) is 67.2 Å². The molecule has 208 valence electrons. The van der Waals surface area contributed by atoms with Crippen molar-refractivity contribution in [2.24, 2.45) is 0 Å². The van der Waals surface area contributed by atoms with Gasteiger partial charge in [0.25, 0.3) is 5.91 Å². The lowest BCUT2D eigenvalue weighted by Gasteiger charge is -2.34. The summed E-state index contributed by atoms with van der Waals surface area (Å²) in [5.74, 6) is -1.16. The van der Waals surface area contributed by atoms with E-state index in [4.69, 9.17) is 4.74 Å². The number of H-pyrrole nitrogens is 1. The van der Waals surface area contributed by atoms with E-state index >= 15 is 0 Å². The van der Waals surface area contributed by atoms with Gasteiger partial charge in [-0.3, -0.25) is 25.1 Å². The van der Waals surface area contributed by atoms with Crippen molar-refractivity contribution in [3.05, 3.63) is 83.8 Å². The minimum Gasteiger partial charge on any atom is -0.444 e. The average molecular weight is 555 g/mol. The second kappa shape index (κ2) is 11.6. The van der Waals surface area contributed by atoms with E-state index < -0.39 is 24.1 Å². The monoisotopic (exact) mass is 554 g/mol. The maximum absolute atomic E-state index is 13.2. The van der Waals surface area contributed by atoms with Crippen LogP contribution in [-0.4, -0.2) is 69.5 Å². The molecule has 1 aliphatic rings. The van der Waals surface area contributed by atoms with E-state index in [1.165, 1.54) is 12.1 Å². The summed E-state index contributed by atoms with van der Waals surface area (Å²) in [6.07, 6.45) is -0.906. The maximum Gasteiger partial charge on any atom is 0.573 e. The lowest BCUT2D eigenvalue weighted by atomic mass is 10.1. The van der Waals surface area contributed by atoms with E-state index in [9.17, 15) is 22.8 Å². The summed E-state index contributed by atoms with van der Waals surface area (Å²) in [4.78, 5) is 33.6. The number of piperazine rings is 1. The summed E-state index contributed by atoms with van der Waals surface area (Å²) < 4.78 is 48.9. The van der Waals surface area contributed by atoms with Crippen molar-refractivity contribution in [2.75, 3.05) is 31.5 Å². The van der Waals surface area contributed by atoms with Gasteiger partial charge in [0.05, 0.1) is 17.4 Å². The molecule has 13 heteroatoms. The van der Waals surface area contributed by atoms with Gasteiger partial charge in [-0.25, -0.2) is 4.79 Å². The number of nitrogens with zero attached hydrogens (tertiary/aromatic N) is 4. The Labute approximate surface area is 226 Å². The van der Waals surface area contributed by atoms with Gasteiger partial charge in [0.1, 0.15) is 6.61 Å². The largest absolute Gasteiger partial charge is 0.573 e. The van der Waals surface area contributed by atoms with Crippen LogP contribution in [0.3, 0.4) is 0 Å². The number of hydrogen-bond donors (Lipinski definition) is 2. The number of benzene rings is 2. The Morgan fingerprint density at radius 2 is 1.85 bits per heavy atom. The molecule has 0 aliphatic carbocycles. The molecule has 40 heavy (non-hydrogen) atoms. The SMILES string of the molecule is O=C(Nc1ccc(C(=O)N2CCN(Cc3cn[nH]c3)CC2)cc1OC(F)(F)F)OCc1cccc2cccnc12. The Balaban J connectivity index is 1.24. The van der Waals surface area contributed by atoms with Crippen LogP contribution in [-0.2, 0) is 17.9 Å². The van der Waals surface area contributed by atoms with E-state index in [0.29, 0.717) is 43.8 Å². The second-order valence-electron chi connectivity index (χ2n) is 9.13. The van der Waals surface area contributed by atoms with Crippen molar-refractivity contribution in [1.82, 2.24) is 25.0 Å². The molecule has 2 amide bonds. The summed E-state index contributed by atoms with van der Waals surface area (Å²) in [5, 5.41) is 9.81. The van der Waals surface area contributed by atoms with E-state index in [1.807, 2.05) is 12.1 Å². The van der Waals surface area contributed by atoms with Crippen molar-refractivity contribution in [1.29, 1.82) is 0 Å². The normalized spacial score (nSPS) is 14.2. The third kappa shape index (κ3) is 6.67. The summed E-state index contributed by atoms with van der Waals surface area (Å²) in [6, 6.07) is 12.5. The Bertz CT molecular complexity index is 1480. The number of fused-ring (bicyclic) bond motifs is 1. The number of aromatic nitrogens is 3. The number of amides is 2. The molecule has 10 nitrogen and oxygen atoms in total. The molecular formula is C27H25F3N6O4. The predicted octanol–water partition coefficient (Wildman–Crippen LogP) is 4.56. The lowest BCUT2D eigenvalue weighted by Crippen LogP contribution is -2.48. The van der Waals surface area contributed by atoms with Crippen LogP contribution >= 0.6 is 0 Å². The zero-order valence-corrected chi connectivity index (χ0v) is 21.1. The molecule has 0 saturated carbocycles. The van der Waals surface area contributed by atoms with Gasteiger partial charge in [0.2, 0.25) is 0 Å². The molecule has 1 aliphatic heterocycles. The van der Waals surface area contributed by atoms with Gasteiger partial charge >= 0.3 is 12.5 Å². The van der Waals surface area contributed by atoms with Crippen LogP contribution in [0, 0.1) is 0 Å². The van der Waals surface area contributed by atoms with Crippen molar-refractivity contribution in [2.45, 2.75) is 19.5 Å². The Morgan fingerprint density at radius 1 is 1.05 bits per heavy atom. The van der Waals surface area contributed by atoms with Gasteiger partial charge in [-0.05, 0) is 24.3 Å². The summed E-state index contributed by atoms with van der Waals surface area (Å²) >= 11 is 0. The van der Waals surface area contributed by atoms with Crippen molar-refractivity contribution < 1.29 is 32.2 Å².